The molecule has 2 aromatic heterocycles. The standard InChI is InChI=1S/C15H19NO4S/c1-4-19-13(17)6-5-11-9-21-14-12(7-8-16(11)14)15(18)20-10(2)3/h7-10H,4-6H2,1-3H3. The van der Waals surface area contributed by atoms with Gasteiger partial charge in [-0.15, -0.1) is 11.3 Å². The minimum Gasteiger partial charge on any atom is -0.466 e. The Morgan fingerprint density at radius 1 is 1.38 bits per heavy atom. The molecule has 0 aliphatic heterocycles. The molecule has 2 rings (SSSR count). The van der Waals surface area contributed by atoms with Crippen LogP contribution in [0.2, 0.25) is 0 Å². The van der Waals surface area contributed by atoms with E-state index in [1.807, 2.05) is 29.8 Å². The van der Waals surface area contributed by atoms with Crippen LogP contribution in [0.5, 0.6) is 0 Å². The SMILES string of the molecule is CCOC(=O)CCc1csc2c(C(=O)OC(C)C)ccn12. The second-order valence-corrected chi connectivity index (χ2v) is 5.75. The molecule has 0 aromatic carbocycles. The molecule has 6 heteroatoms. The van der Waals surface area contributed by atoms with E-state index < -0.39 is 0 Å². The van der Waals surface area contributed by atoms with Crippen LogP contribution in [0.3, 0.4) is 0 Å². The molecule has 0 fully saturated rings. The molecule has 0 spiro atoms. The molecular weight excluding hydrogens is 290 g/mol. The van der Waals surface area contributed by atoms with E-state index in [1.165, 1.54) is 11.3 Å². The molecule has 5 nitrogen and oxygen atoms in total. The molecule has 114 valence electrons. The highest BCUT2D eigenvalue weighted by molar-refractivity contribution is 7.16. The topological polar surface area (TPSA) is 57.0 Å². The van der Waals surface area contributed by atoms with Crippen molar-refractivity contribution < 1.29 is 19.1 Å². The predicted molar refractivity (Wildman–Crippen MR) is 80.8 cm³/mol. The van der Waals surface area contributed by atoms with E-state index >= 15 is 0 Å². The molecule has 0 unspecified atom stereocenters. The van der Waals surface area contributed by atoms with Crippen molar-refractivity contribution in [3.05, 3.63) is 28.9 Å². The fourth-order valence-electron chi connectivity index (χ4n) is 2.02. The zero-order chi connectivity index (χ0) is 15.4. The van der Waals surface area contributed by atoms with Crippen LogP contribution in [-0.2, 0) is 20.7 Å². The van der Waals surface area contributed by atoms with Crippen molar-refractivity contribution in [2.75, 3.05) is 6.61 Å². The summed E-state index contributed by atoms with van der Waals surface area (Å²) in [7, 11) is 0. The van der Waals surface area contributed by atoms with Crippen LogP contribution in [0.4, 0.5) is 0 Å². The average molecular weight is 309 g/mol. The Hall–Kier alpha value is -1.82. The normalized spacial score (nSPS) is 11.0. The molecule has 0 saturated carbocycles. The van der Waals surface area contributed by atoms with Gasteiger partial charge in [0.05, 0.1) is 24.7 Å². The van der Waals surface area contributed by atoms with E-state index in [2.05, 4.69) is 0 Å². The van der Waals surface area contributed by atoms with Crippen LogP contribution in [0.25, 0.3) is 4.83 Å². The van der Waals surface area contributed by atoms with Gasteiger partial charge in [0.2, 0.25) is 0 Å². The van der Waals surface area contributed by atoms with Crippen LogP contribution in [0, 0.1) is 0 Å². The van der Waals surface area contributed by atoms with Gasteiger partial charge in [0.25, 0.3) is 0 Å². The molecule has 0 radical (unpaired) electrons. The van der Waals surface area contributed by atoms with Crippen molar-refractivity contribution in [3.8, 4) is 0 Å². The molecule has 0 bridgehead atoms. The molecule has 0 atom stereocenters. The van der Waals surface area contributed by atoms with E-state index in [1.54, 1.807) is 13.0 Å². The maximum atomic E-state index is 12.0. The lowest BCUT2D eigenvalue weighted by Gasteiger charge is -2.05. The lowest BCUT2D eigenvalue weighted by molar-refractivity contribution is -0.143. The molecule has 0 saturated heterocycles. The minimum absolute atomic E-state index is 0.143. The summed E-state index contributed by atoms with van der Waals surface area (Å²) in [5, 5.41) is 1.96. The second-order valence-electron chi connectivity index (χ2n) is 4.89. The molecule has 2 heterocycles. The van der Waals surface area contributed by atoms with Gasteiger partial charge in [-0.25, -0.2) is 4.79 Å². The number of fused-ring (bicyclic) bond motifs is 1. The molecule has 21 heavy (non-hydrogen) atoms. The van der Waals surface area contributed by atoms with Gasteiger partial charge in [-0.1, -0.05) is 0 Å². The molecule has 0 aliphatic rings. The maximum Gasteiger partial charge on any atom is 0.341 e. The van der Waals surface area contributed by atoms with E-state index in [-0.39, 0.29) is 18.0 Å². The second kappa shape index (κ2) is 6.76. The lowest BCUT2D eigenvalue weighted by atomic mass is 10.2. The summed E-state index contributed by atoms with van der Waals surface area (Å²) in [4.78, 5) is 24.2. The molecule has 0 aliphatic carbocycles. The number of thiazole rings is 1. The molecule has 0 N–H and O–H groups in total. The number of carbonyl (C=O) groups excluding carboxylic acids is 2. The van der Waals surface area contributed by atoms with Crippen molar-refractivity contribution in [1.29, 1.82) is 0 Å². The summed E-state index contributed by atoms with van der Waals surface area (Å²) >= 11 is 1.48. The van der Waals surface area contributed by atoms with Gasteiger partial charge in [-0.05, 0) is 33.3 Å². The molecular formula is C15H19NO4S. The van der Waals surface area contributed by atoms with E-state index in [9.17, 15) is 9.59 Å². The van der Waals surface area contributed by atoms with Gasteiger partial charge in [-0.2, -0.15) is 0 Å². The highest BCUT2D eigenvalue weighted by Gasteiger charge is 2.17. The van der Waals surface area contributed by atoms with Crippen molar-refractivity contribution >= 4 is 28.1 Å². The number of esters is 2. The van der Waals surface area contributed by atoms with Crippen LogP contribution >= 0.6 is 11.3 Å². The van der Waals surface area contributed by atoms with Gasteiger partial charge in [0, 0.05) is 17.3 Å². The number of carbonyl (C=O) groups is 2. The van der Waals surface area contributed by atoms with Crippen molar-refractivity contribution in [2.24, 2.45) is 0 Å². The third-order valence-corrected chi connectivity index (χ3v) is 3.94. The third kappa shape index (κ3) is 3.64. The summed E-state index contributed by atoms with van der Waals surface area (Å²) in [6.07, 6.45) is 2.62. The smallest absolute Gasteiger partial charge is 0.341 e. The number of ether oxygens (including phenoxy) is 2. The number of rotatable bonds is 6. The highest BCUT2D eigenvalue weighted by atomic mass is 32.1. The maximum absolute atomic E-state index is 12.0. The zero-order valence-electron chi connectivity index (χ0n) is 12.4. The van der Waals surface area contributed by atoms with Gasteiger partial charge < -0.3 is 13.9 Å². The first kappa shape index (κ1) is 15.6. The van der Waals surface area contributed by atoms with E-state index in [4.69, 9.17) is 9.47 Å². The first-order chi connectivity index (χ1) is 10.0. The quantitative estimate of drug-likeness (QED) is 0.770. The number of aromatic nitrogens is 1. The summed E-state index contributed by atoms with van der Waals surface area (Å²) in [6.45, 7) is 5.83. The zero-order valence-corrected chi connectivity index (χ0v) is 13.2. The number of nitrogens with zero attached hydrogens (tertiary/aromatic N) is 1. The number of hydrogen-bond donors (Lipinski definition) is 0. The van der Waals surface area contributed by atoms with Crippen LogP contribution in [0.15, 0.2) is 17.6 Å². The minimum atomic E-state index is -0.314. The Balaban J connectivity index is 2.13. The Morgan fingerprint density at radius 2 is 2.14 bits per heavy atom. The van der Waals surface area contributed by atoms with Gasteiger partial charge >= 0.3 is 11.9 Å². The highest BCUT2D eigenvalue weighted by Crippen LogP contribution is 2.24. The van der Waals surface area contributed by atoms with Crippen molar-refractivity contribution in [1.82, 2.24) is 4.40 Å². The summed E-state index contributed by atoms with van der Waals surface area (Å²) < 4.78 is 12.1. The summed E-state index contributed by atoms with van der Waals surface area (Å²) in [6, 6.07) is 1.75. The fraction of sp³-hybridized carbons (Fsp3) is 0.467. The van der Waals surface area contributed by atoms with Crippen LogP contribution < -0.4 is 0 Å². The van der Waals surface area contributed by atoms with Gasteiger partial charge in [0.1, 0.15) is 4.83 Å². The fourth-order valence-corrected chi connectivity index (χ4v) is 3.07. The molecule has 2 aromatic rings. The first-order valence-electron chi connectivity index (χ1n) is 6.97. The molecule has 0 amide bonds. The monoisotopic (exact) mass is 309 g/mol. The number of hydrogen-bond acceptors (Lipinski definition) is 5. The van der Waals surface area contributed by atoms with Crippen LogP contribution in [0.1, 0.15) is 43.2 Å². The van der Waals surface area contributed by atoms with E-state index in [0.29, 0.717) is 25.0 Å². The Bertz CT molecular complexity index is 641. The van der Waals surface area contributed by atoms with Gasteiger partial charge in [0.15, 0.2) is 0 Å². The van der Waals surface area contributed by atoms with Crippen molar-refractivity contribution in [2.45, 2.75) is 39.7 Å². The van der Waals surface area contributed by atoms with E-state index in [0.717, 1.165) is 10.5 Å². The van der Waals surface area contributed by atoms with Gasteiger partial charge in [-0.3, -0.25) is 4.79 Å². The summed E-state index contributed by atoms with van der Waals surface area (Å²) in [5.74, 6) is -0.519. The predicted octanol–water partition coefficient (Wildman–Crippen LogP) is 3.06. The third-order valence-electron chi connectivity index (χ3n) is 2.91. The average Bonchev–Trinajstić information content (AvgIpc) is 2.97. The lowest BCUT2D eigenvalue weighted by Crippen LogP contribution is -2.10. The Kier molecular flexibility index (Phi) is 5.01. The first-order valence-corrected chi connectivity index (χ1v) is 7.85. The van der Waals surface area contributed by atoms with Crippen molar-refractivity contribution in [3.63, 3.8) is 0 Å². The Morgan fingerprint density at radius 3 is 2.81 bits per heavy atom. The van der Waals surface area contributed by atoms with Crippen LogP contribution in [-0.4, -0.2) is 29.1 Å². The largest absolute Gasteiger partial charge is 0.466 e. The summed E-state index contributed by atoms with van der Waals surface area (Å²) in [5.41, 5.74) is 1.56. The Labute approximate surface area is 127 Å². The number of aryl methyl sites for hydroxylation is 1.